The summed E-state index contributed by atoms with van der Waals surface area (Å²) in [5, 5.41) is 0. The Labute approximate surface area is 134 Å². The molecule has 0 aromatic heterocycles. The molecule has 0 aliphatic carbocycles. The van der Waals surface area contributed by atoms with Gasteiger partial charge in [0, 0.05) is 24.7 Å². The van der Waals surface area contributed by atoms with Crippen molar-refractivity contribution in [1.82, 2.24) is 0 Å². The van der Waals surface area contributed by atoms with Crippen LogP contribution >= 0.6 is 15.9 Å². The van der Waals surface area contributed by atoms with Gasteiger partial charge in [0.2, 0.25) is 0 Å². The predicted octanol–water partition coefficient (Wildman–Crippen LogP) is 3.42. The number of nitrogens with zero attached hydrogens (tertiary/aromatic N) is 1. The Morgan fingerprint density at radius 1 is 1.52 bits per heavy atom. The number of carbonyl (C=O) groups excluding carboxylic acids is 1. The van der Waals surface area contributed by atoms with Crippen LogP contribution < -0.4 is 9.64 Å². The van der Waals surface area contributed by atoms with E-state index in [0.717, 1.165) is 41.6 Å². The van der Waals surface area contributed by atoms with Gasteiger partial charge in [-0.2, -0.15) is 0 Å². The molecule has 1 aromatic carbocycles. The van der Waals surface area contributed by atoms with Crippen LogP contribution in [0, 0.1) is 0 Å². The van der Waals surface area contributed by atoms with Gasteiger partial charge in [0.1, 0.15) is 23.7 Å². The fourth-order valence-corrected chi connectivity index (χ4v) is 3.08. The van der Waals surface area contributed by atoms with E-state index in [4.69, 9.17) is 9.47 Å². The Morgan fingerprint density at radius 3 is 2.90 bits per heavy atom. The highest BCUT2D eigenvalue weighted by atomic mass is 79.9. The standard InChI is InChI=1S/C16H22BrNO3/c1-4-16(2)15(11-19)18(8-5-9-20-3)13-10-12(17)6-7-14(13)21-16/h6-7,10-11,15H,4-5,8-9H2,1-3H3. The molecule has 0 bridgehead atoms. The number of hydrogen-bond acceptors (Lipinski definition) is 4. The lowest BCUT2D eigenvalue weighted by molar-refractivity contribution is -0.113. The number of benzene rings is 1. The van der Waals surface area contributed by atoms with Crippen LogP contribution in [0.25, 0.3) is 0 Å². The summed E-state index contributed by atoms with van der Waals surface area (Å²) < 4.78 is 12.3. The Kier molecular flexibility index (Phi) is 5.27. The number of methoxy groups -OCH3 is 1. The number of anilines is 1. The summed E-state index contributed by atoms with van der Waals surface area (Å²) in [6.45, 7) is 5.49. The van der Waals surface area contributed by atoms with Gasteiger partial charge >= 0.3 is 0 Å². The second kappa shape index (κ2) is 6.79. The highest BCUT2D eigenvalue weighted by Gasteiger charge is 2.43. The molecule has 4 nitrogen and oxygen atoms in total. The number of halogens is 1. The van der Waals surface area contributed by atoms with Gasteiger partial charge in [-0.3, -0.25) is 0 Å². The molecule has 5 heteroatoms. The maximum atomic E-state index is 11.7. The summed E-state index contributed by atoms with van der Waals surface area (Å²) in [6.07, 6.45) is 2.64. The van der Waals surface area contributed by atoms with Gasteiger partial charge in [-0.25, -0.2) is 0 Å². The SMILES string of the molecule is CCC1(C)Oc2ccc(Br)cc2N(CCCOC)C1C=O. The molecular formula is C16H22BrNO3. The maximum Gasteiger partial charge on any atom is 0.146 e. The zero-order valence-corrected chi connectivity index (χ0v) is 14.4. The smallest absolute Gasteiger partial charge is 0.146 e. The fraction of sp³-hybridized carbons (Fsp3) is 0.562. The number of fused-ring (bicyclic) bond motifs is 1. The minimum absolute atomic E-state index is 0.291. The van der Waals surface area contributed by atoms with E-state index in [9.17, 15) is 4.79 Å². The van der Waals surface area contributed by atoms with Gasteiger partial charge in [0.05, 0.1) is 5.69 Å². The first kappa shape index (κ1) is 16.3. The lowest BCUT2D eigenvalue weighted by Gasteiger charge is -2.47. The molecule has 2 unspecified atom stereocenters. The van der Waals surface area contributed by atoms with Crippen LogP contribution in [-0.4, -0.2) is 38.2 Å². The molecule has 0 saturated carbocycles. The first-order valence-corrected chi connectivity index (χ1v) is 8.04. The van der Waals surface area contributed by atoms with Crippen molar-refractivity contribution in [1.29, 1.82) is 0 Å². The van der Waals surface area contributed by atoms with Crippen molar-refractivity contribution >= 4 is 27.9 Å². The number of ether oxygens (including phenoxy) is 2. The van der Waals surface area contributed by atoms with Gasteiger partial charge in [0.25, 0.3) is 0 Å². The van der Waals surface area contributed by atoms with Crippen LogP contribution in [0.2, 0.25) is 0 Å². The number of carbonyl (C=O) groups is 1. The van der Waals surface area contributed by atoms with Crippen LogP contribution in [0.15, 0.2) is 22.7 Å². The van der Waals surface area contributed by atoms with E-state index in [1.54, 1.807) is 7.11 Å². The summed E-state index contributed by atoms with van der Waals surface area (Å²) in [4.78, 5) is 13.8. The van der Waals surface area contributed by atoms with Gasteiger partial charge < -0.3 is 19.2 Å². The summed E-state index contributed by atoms with van der Waals surface area (Å²) >= 11 is 3.49. The monoisotopic (exact) mass is 355 g/mol. The second-order valence-corrected chi connectivity index (χ2v) is 6.42. The molecule has 1 aromatic rings. The van der Waals surface area contributed by atoms with Crippen LogP contribution in [-0.2, 0) is 9.53 Å². The molecule has 0 amide bonds. The van der Waals surface area contributed by atoms with Crippen molar-refractivity contribution in [2.24, 2.45) is 0 Å². The Bertz CT molecular complexity index is 508. The van der Waals surface area contributed by atoms with E-state index < -0.39 is 5.60 Å². The minimum Gasteiger partial charge on any atom is -0.483 e. The van der Waals surface area contributed by atoms with E-state index >= 15 is 0 Å². The van der Waals surface area contributed by atoms with E-state index in [-0.39, 0.29) is 6.04 Å². The first-order chi connectivity index (χ1) is 10.1. The van der Waals surface area contributed by atoms with Gasteiger partial charge in [0.15, 0.2) is 0 Å². The average molecular weight is 356 g/mol. The first-order valence-electron chi connectivity index (χ1n) is 7.25. The van der Waals surface area contributed by atoms with Crippen molar-refractivity contribution in [3.63, 3.8) is 0 Å². The van der Waals surface area contributed by atoms with Gasteiger partial charge in [-0.15, -0.1) is 0 Å². The van der Waals surface area contributed by atoms with Gasteiger partial charge in [-0.1, -0.05) is 22.9 Å². The number of rotatable bonds is 6. The third-order valence-corrected chi connectivity index (χ3v) is 4.61. The number of hydrogen-bond donors (Lipinski definition) is 0. The highest BCUT2D eigenvalue weighted by molar-refractivity contribution is 9.10. The molecule has 0 N–H and O–H groups in total. The summed E-state index contributed by atoms with van der Waals surface area (Å²) in [7, 11) is 1.69. The number of aldehydes is 1. The van der Waals surface area contributed by atoms with Gasteiger partial charge in [-0.05, 0) is 38.0 Å². The largest absolute Gasteiger partial charge is 0.483 e. The van der Waals surface area contributed by atoms with E-state index in [1.807, 2.05) is 32.0 Å². The van der Waals surface area contributed by atoms with E-state index in [2.05, 4.69) is 20.8 Å². The van der Waals surface area contributed by atoms with E-state index in [1.165, 1.54) is 0 Å². The molecule has 2 rings (SSSR count). The molecule has 1 heterocycles. The third kappa shape index (κ3) is 3.24. The normalized spacial score (nSPS) is 24.4. The molecule has 2 atom stereocenters. The molecule has 0 radical (unpaired) electrons. The quantitative estimate of drug-likeness (QED) is 0.578. The highest BCUT2D eigenvalue weighted by Crippen LogP contribution is 2.42. The topological polar surface area (TPSA) is 38.8 Å². The molecule has 0 spiro atoms. The molecule has 116 valence electrons. The second-order valence-electron chi connectivity index (χ2n) is 5.50. The minimum atomic E-state index is -0.504. The summed E-state index contributed by atoms with van der Waals surface area (Å²) in [5.41, 5.74) is 0.457. The Morgan fingerprint density at radius 2 is 2.29 bits per heavy atom. The van der Waals surface area contributed by atoms with Crippen LogP contribution in [0.5, 0.6) is 5.75 Å². The van der Waals surface area contributed by atoms with Crippen molar-refractivity contribution in [3.05, 3.63) is 22.7 Å². The Balaban J connectivity index is 2.40. The molecular weight excluding hydrogens is 334 g/mol. The third-order valence-electron chi connectivity index (χ3n) is 4.11. The Hall–Kier alpha value is -1.07. The molecule has 1 aliphatic rings. The van der Waals surface area contributed by atoms with Crippen molar-refractivity contribution in [2.45, 2.75) is 38.3 Å². The van der Waals surface area contributed by atoms with Crippen molar-refractivity contribution < 1.29 is 14.3 Å². The molecule has 0 fully saturated rings. The fourth-order valence-electron chi connectivity index (χ4n) is 2.73. The lowest BCUT2D eigenvalue weighted by atomic mass is 9.90. The van der Waals surface area contributed by atoms with Crippen LogP contribution in [0.4, 0.5) is 5.69 Å². The zero-order valence-electron chi connectivity index (χ0n) is 12.8. The van der Waals surface area contributed by atoms with Crippen LogP contribution in [0.1, 0.15) is 26.7 Å². The summed E-state index contributed by atoms with van der Waals surface area (Å²) in [5.74, 6) is 0.832. The summed E-state index contributed by atoms with van der Waals surface area (Å²) in [6, 6.07) is 5.64. The zero-order chi connectivity index (χ0) is 15.5. The molecule has 21 heavy (non-hydrogen) atoms. The average Bonchev–Trinajstić information content (AvgIpc) is 2.48. The van der Waals surface area contributed by atoms with Crippen molar-refractivity contribution in [3.8, 4) is 5.75 Å². The molecule has 0 saturated heterocycles. The van der Waals surface area contributed by atoms with Crippen LogP contribution in [0.3, 0.4) is 0 Å². The maximum absolute atomic E-state index is 11.7. The van der Waals surface area contributed by atoms with Crippen molar-refractivity contribution in [2.75, 3.05) is 25.2 Å². The predicted molar refractivity (Wildman–Crippen MR) is 87.2 cm³/mol. The lowest BCUT2D eigenvalue weighted by Crippen LogP contribution is -2.58. The van der Waals surface area contributed by atoms with E-state index in [0.29, 0.717) is 6.61 Å². The molecule has 1 aliphatic heterocycles.